The Labute approximate surface area is 199 Å². The summed E-state index contributed by atoms with van der Waals surface area (Å²) in [6, 6.07) is 20.1. The number of anilines is 2. The molecular weight excluding hydrogens is 428 g/mol. The highest BCUT2D eigenvalue weighted by Gasteiger charge is 2.40. The number of hydrogen-bond acceptors (Lipinski definition) is 5. The van der Waals surface area contributed by atoms with Crippen LogP contribution in [0.5, 0.6) is 11.5 Å². The van der Waals surface area contributed by atoms with Crippen molar-refractivity contribution in [2.45, 2.75) is 27.7 Å². The van der Waals surface area contributed by atoms with E-state index in [0.717, 1.165) is 11.1 Å². The summed E-state index contributed by atoms with van der Waals surface area (Å²) in [5.41, 5.74) is 4.39. The number of carbonyl (C=O) groups excluding carboxylic acids is 2. The molecule has 4 rings (SSSR count). The van der Waals surface area contributed by atoms with Gasteiger partial charge in [-0.1, -0.05) is 30.3 Å². The van der Waals surface area contributed by atoms with E-state index in [1.165, 1.54) is 4.90 Å². The Morgan fingerprint density at radius 3 is 2.18 bits per heavy atom. The van der Waals surface area contributed by atoms with Gasteiger partial charge in [0.2, 0.25) is 0 Å². The number of aryl methyl sites for hydroxylation is 2. The number of para-hydroxylation sites is 2. The molecule has 2 amide bonds. The summed E-state index contributed by atoms with van der Waals surface area (Å²) in [6.45, 7) is 8.78. The van der Waals surface area contributed by atoms with Gasteiger partial charge in [0.1, 0.15) is 17.2 Å². The van der Waals surface area contributed by atoms with Gasteiger partial charge in [-0.3, -0.25) is 9.59 Å². The third-order valence-corrected chi connectivity index (χ3v) is 5.73. The molecule has 0 aromatic heterocycles. The molecule has 1 N–H and O–H groups in total. The van der Waals surface area contributed by atoms with Crippen molar-refractivity contribution < 1.29 is 19.1 Å². The number of nitrogens with one attached hydrogen (secondary N) is 1. The van der Waals surface area contributed by atoms with Gasteiger partial charge in [-0.25, -0.2) is 4.90 Å². The Balaban J connectivity index is 1.81. The highest BCUT2D eigenvalue weighted by atomic mass is 16.5. The van der Waals surface area contributed by atoms with Crippen molar-refractivity contribution in [3.05, 3.63) is 89.1 Å². The van der Waals surface area contributed by atoms with Crippen LogP contribution in [0.25, 0.3) is 5.57 Å². The van der Waals surface area contributed by atoms with Crippen LogP contribution in [-0.4, -0.2) is 25.0 Å². The molecule has 0 saturated heterocycles. The van der Waals surface area contributed by atoms with Crippen LogP contribution in [0.1, 0.15) is 30.5 Å². The van der Waals surface area contributed by atoms with Crippen LogP contribution in [0.3, 0.4) is 0 Å². The Hall–Kier alpha value is -4.06. The molecule has 1 aliphatic rings. The van der Waals surface area contributed by atoms with Gasteiger partial charge in [-0.2, -0.15) is 0 Å². The van der Waals surface area contributed by atoms with E-state index in [1.54, 1.807) is 30.3 Å². The van der Waals surface area contributed by atoms with E-state index in [9.17, 15) is 9.59 Å². The van der Waals surface area contributed by atoms with E-state index in [-0.39, 0.29) is 11.6 Å². The molecule has 0 unspecified atom stereocenters. The molecule has 1 heterocycles. The molecule has 0 spiro atoms. The molecule has 6 heteroatoms. The van der Waals surface area contributed by atoms with E-state index in [1.807, 2.05) is 64.1 Å². The molecule has 0 bridgehead atoms. The largest absolute Gasteiger partial charge is 0.494 e. The first-order valence-corrected chi connectivity index (χ1v) is 11.4. The van der Waals surface area contributed by atoms with Crippen molar-refractivity contribution in [2.75, 3.05) is 23.4 Å². The minimum atomic E-state index is -0.413. The SMILES string of the molecule is CCOc1ccc(C2=C(Nc3ccccc3OCC)C(=O)N(c3ccc(C)c(C)c3)C2=O)cc1. The molecule has 0 radical (unpaired) electrons. The van der Waals surface area contributed by atoms with Crippen molar-refractivity contribution in [1.29, 1.82) is 0 Å². The lowest BCUT2D eigenvalue weighted by atomic mass is 10.0. The molecule has 0 saturated carbocycles. The molecule has 0 aliphatic carbocycles. The van der Waals surface area contributed by atoms with Gasteiger partial charge in [0.15, 0.2) is 0 Å². The maximum atomic E-state index is 13.7. The minimum Gasteiger partial charge on any atom is -0.494 e. The molecule has 174 valence electrons. The van der Waals surface area contributed by atoms with Crippen molar-refractivity contribution in [3.63, 3.8) is 0 Å². The third-order valence-electron chi connectivity index (χ3n) is 5.73. The fourth-order valence-corrected chi connectivity index (χ4v) is 3.88. The van der Waals surface area contributed by atoms with Crippen LogP contribution >= 0.6 is 0 Å². The Bertz CT molecular complexity index is 1260. The number of hydrogen-bond donors (Lipinski definition) is 1. The van der Waals surface area contributed by atoms with Gasteiger partial charge in [0.05, 0.1) is 30.2 Å². The summed E-state index contributed by atoms with van der Waals surface area (Å²) in [7, 11) is 0. The molecule has 0 fully saturated rings. The second-order valence-corrected chi connectivity index (χ2v) is 7.98. The van der Waals surface area contributed by atoms with E-state index < -0.39 is 5.91 Å². The lowest BCUT2D eigenvalue weighted by Gasteiger charge is -2.17. The van der Waals surface area contributed by atoms with Crippen LogP contribution in [0.4, 0.5) is 11.4 Å². The van der Waals surface area contributed by atoms with Crippen LogP contribution in [0, 0.1) is 13.8 Å². The van der Waals surface area contributed by atoms with E-state index in [0.29, 0.717) is 47.2 Å². The zero-order valence-corrected chi connectivity index (χ0v) is 19.8. The Morgan fingerprint density at radius 2 is 1.50 bits per heavy atom. The number of ether oxygens (including phenoxy) is 2. The Kier molecular flexibility index (Phi) is 6.68. The maximum Gasteiger partial charge on any atom is 0.282 e. The van der Waals surface area contributed by atoms with Crippen molar-refractivity contribution >= 4 is 28.8 Å². The van der Waals surface area contributed by atoms with Gasteiger partial charge in [0.25, 0.3) is 11.8 Å². The summed E-state index contributed by atoms with van der Waals surface area (Å²) < 4.78 is 11.3. The lowest BCUT2D eigenvalue weighted by molar-refractivity contribution is -0.120. The van der Waals surface area contributed by atoms with E-state index >= 15 is 0 Å². The number of nitrogens with zero attached hydrogens (tertiary/aromatic N) is 1. The lowest BCUT2D eigenvalue weighted by Crippen LogP contribution is -2.32. The second-order valence-electron chi connectivity index (χ2n) is 7.98. The Morgan fingerprint density at radius 1 is 0.794 bits per heavy atom. The number of carbonyl (C=O) groups is 2. The van der Waals surface area contributed by atoms with E-state index in [4.69, 9.17) is 9.47 Å². The summed E-state index contributed by atoms with van der Waals surface area (Å²) in [5.74, 6) is 0.511. The highest BCUT2D eigenvalue weighted by Crippen LogP contribution is 2.36. The molecule has 1 aliphatic heterocycles. The predicted molar refractivity (Wildman–Crippen MR) is 134 cm³/mol. The third kappa shape index (κ3) is 4.39. The smallest absolute Gasteiger partial charge is 0.282 e. The van der Waals surface area contributed by atoms with Gasteiger partial charge in [-0.05, 0) is 80.8 Å². The molecular formula is C28H28N2O4. The van der Waals surface area contributed by atoms with Crippen LogP contribution < -0.4 is 19.7 Å². The number of imide groups is 1. The standard InChI is InChI=1S/C28H28N2O4/c1-5-33-22-15-12-20(13-16-22)25-26(29-23-9-7-8-10-24(23)34-6-2)28(32)30(27(25)31)21-14-11-18(3)19(4)17-21/h7-17,29H,5-6H2,1-4H3. The van der Waals surface area contributed by atoms with Gasteiger partial charge in [0, 0.05) is 0 Å². The average molecular weight is 457 g/mol. The second kappa shape index (κ2) is 9.83. The normalized spacial score (nSPS) is 13.5. The van der Waals surface area contributed by atoms with E-state index in [2.05, 4.69) is 5.32 Å². The first-order chi connectivity index (χ1) is 16.4. The molecule has 6 nitrogen and oxygen atoms in total. The van der Waals surface area contributed by atoms with Gasteiger partial charge in [-0.15, -0.1) is 0 Å². The average Bonchev–Trinajstić information content (AvgIpc) is 3.07. The van der Waals surface area contributed by atoms with Crippen LogP contribution in [-0.2, 0) is 9.59 Å². The first kappa shape index (κ1) is 23.1. The summed E-state index contributed by atoms with van der Waals surface area (Å²) in [6.07, 6.45) is 0. The van der Waals surface area contributed by atoms with Crippen molar-refractivity contribution in [2.24, 2.45) is 0 Å². The van der Waals surface area contributed by atoms with Gasteiger partial charge >= 0.3 is 0 Å². The summed E-state index contributed by atoms with van der Waals surface area (Å²) in [4.78, 5) is 28.6. The topological polar surface area (TPSA) is 67.9 Å². The molecule has 3 aromatic rings. The quantitative estimate of drug-likeness (QED) is 0.454. The zero-order chi connectivity index (χ0) is 24.2. The zero-order valence-electron chi connectivity index (χ0n) is 19.8. The van der Waals surface area contributed by atoms with Gasteiger partial charge < -0.3 is 14.8 Å². The predicted octanol–water partition coefficient (Wildman–Crippen LogP) is 5.50. The fourth-order valence-electron chi connectivity index (χ4n) is 3.88. The highest BCUT2D eigenvalue weighted by molar-refractivity contribution is 6.46. The number of rotatable bonds is 8. The molecule has 0 atom stereocenters. The summed E-state index contributed by atoms with van der Waals surface area (Å²) >= 11 is 0. The molecule has 34 heavy (non-hydrogen) atoms. The summed E-state index contributed by atoms with van der Waals surface area (Å²) in [5, 5.41) is 3.20. The van der Waals surface area contributed by atoms with Crippen LogP contribution in [0.15, 0.2) is 72.4 Å². The van der Waals surface area contributed by atoms with Crippen molar-refractivity contribution in [3.8, 4) is 11.5 Å². The maximum absolute atomic E-state index is 13.7. The number of benzene rings is 3. The fraction of sp³-hybridized carbons (Fsp3) is 0.214. The first-order valence-electron chi connectivity index (χ1n) is 11.4. The number of amides is 2. The molecule has 3 aromatic carbocycles. The van der Waals surface area contributed by atoms with Crippen molar-refractivity contribution in [1.82, 2.24) is 0 Å². The van der Waals surface area contributed by atoms with Crippen LogP contribution in [0.2, 0.25) is 0 Å². The minimum absolute atomic E-state index is 0.208. The monoisotopic (exact) mass is 456 g/mol.